The van der Waals surface area contributed by atoms with Crippen molar-refractivity contribution in [2.24, 2.45) is 4.99 Å². The molecule has 1 aliphatic rings. The number of carbonyl (C=O) groups is 3. The van der Waals surface area contributed by atoms with Crippen molar-refractivity contribution >= 4 is 34.9 Å². The summed E-state index contributed by atoms with van der Waals surface area (Å²) in [4.78, 5) is 41.3. The van der Waals surface area contributed by atoms with E-state index in [1.165, 1.54) is 6.92 Å². The van der Waals surface area contributed by atoms with Crippen molar-refractivity contribution in [2.45, 2.75) is 26.3 Å². The van der Waals surface area contributed by atoms with Gasteiger partial charge in [0.2, 0.25) is 11.8 Å². The minimum atomic E-state index is -0.632. The molecule has 3 aromatic carbocycles. The lowest BCUT2D eigenvalue weighted by atomic mass is 9.90. The molecular formula is C27H25N3O4. The predicted molar refractivity (Wildman–Crippen MR) is 130 cm³/mol. The van der Waals surface area contributed by atoms with Gasteiger partial charge in [-0.15, -0.1) is 0 Å². The first-order valence-electron chi connectivity index (χ1n) is 11.1. The number of ether oxygens (including phenoxy) is 1. The molecule has 1 aliphatic heterocycles. The van der Waals surface area contributed by atoms with Crippen LogP contribution in [0.1, 0.15) is 46.8 Å². The Morgan fingerprint density at radius 2 is 1.74 bits per heavy atom. The number of esters is 1. The Bertz CT molecular complexity index is 1250. The van der Waals surface area contributed by atoms with Crippen molar-refractivity contribution in [1.82, 2.24) is 5.32 Å². The number of benzene rings is 3. The van der Waals surface area contributed by atoms with E-state index in [1.807, 2.05) is 54.6 Å². The van der Waals surface area contributed by atoms with Crippen molar-refractivity contribution in [3.8, 4) is 0 Å². The summed E-state index contributed by atoms with van der Waals surface area (Å²) in [5.41, 5.74) is 4.79. The highest BCUT2D eigenvalue weighted by molar-refractivity contribution is 6.24. The number of aliphatic imine (C=N–C) groups is 1. The Morgan fingerprint density at radius 3 is 2.41 bits per heavy atom. The maximum atomic E-state index is 13.1. The molecule has 1 heterocycles. The van der Waals surface area contributed by atoms with Gasteiger partial charge in [0.05, 0.1) is 23.6 Å². The second-order valence-electron chi connectivity index (χ2n) is 7.88. The van der Waals surface area contributed by atoms with Gasteiger partial charge >= 0.3 is 5.97 Å². The first-order valence-corrected chi connectivity index (χ1v) is 11.1. The van der Waals surface area contributed by atoms with Crippen LogP contribution in [0.25, 0.3) is 0 Å². The molecule has 0 spiro atoms. The van der Waals surface area contributed by atoms with Gasteiger partial charge in [0, 0.05) is 19.2 Å². The number of nitrogens with one attached hydrogen (secondary N) is 2. The Balaban J connectivity index is 1.71. The van der Waals surface area contributed by atoms with Gasteiger partial charge in [0.25, 0.3) is 0 Å². The Morgan fingerprint density at radius 1 is 1.00 bits per heavy atom. The van der Waals surface area contributed by atoms with Crippen LogP contribution in [-0.2, 0) is 20.9 Å². The average Bonchev–Trinajstić information content (AvgIpc) is 3.17. The topological polar surface area (TPSA) is 96.9 Å². The lowest BCUT2D eigenvalue weighted by Crippen LogP contribution is -2.22. The lowest BCUT2D eigenvalue weighted by molar-refractivity contribution is -0.119. The molecule has 0 fully saturated rings. The highest BCUT2D eigenvalue weighted by Gasteiger charge is 2.36. The van der Waals surface area contributed by atoms with Gasteiger partial charge in [-0.3, -0.25) is 14.6 Å². The van der Waals surface area contributed by atoms with Crippen LogP contribution in [0.4, 0.5) is 11.4 Å². The van der Waals surface area contributed by atoms with Gasteiger partial charge in [-0.25, -0.2) is 4.79 Å². The second-order valence-corrected chi connectivity index (χ2v) is 7.88. The van der Waals surface area contributed by atoms with Crippen molar-refractivity contribution in [3.63, 3.8) is 0 Å². The second kappa shape index (κ2) is 10.1. The molecule has 0 aromatic heterocycles. The molecule has 1 atom stereocenters. The van der Waals surface area contributed by atoms with Crippen LogP contribution >= 0.6 is 0 Å². The van der Waals surface area contributed by atoms with E-state index in [2.05, 4.69) is 10.6 Å². The van der Waals surface area contributed by atoms with Crippen molar-refractivity contribution in [2.75, 3.05) is 11.9 Å². The molecule has 3 aromatic rings. The molecule has 172 valence electrons. The molecule has 34 heavy (non-hydrogen) atoms. The fraction of sp³-hybridized carbons (Fsp3) is 0.185. The van der Waals surface area contributed by atoms with E-state index in [4.69, 9.17) is 9.73 Å². The highest BCUT2D eigenvalue weighted by Crippen LogP contribution is 2.37. The Kier molecular flexibility index (Phi) is 6.82. The Hall–Kier alpha value is -4.26. The third-order valence-corrected chi connectivity index (χ3v) is 5.47. The molecule has 2 N–H and O–H groups in total. The number of anilines is 1. The summed E-state index contributed by atoms with van der Waals surface area (Å²) in [6, 6.07) is 22.1. The van der Waals surface area contributed by atoms with Crippen molar-refractivity contribution in [1.29, 1.82) is 0 Å². The standard InChI is InChI=1S/C27H25N3O4/c1-3-34-27(33)20-11-14-22-23(15-20)30-26(32)24(22)25(19-7-5-4-6-8-19)29-21-12-9-18(10-13-21)16-28-17(2)31/h4-15,24H,3,16H2,1-2H3,(H,28,31)(H,30,32). The number of carbonyl (C=O) groups excluding carboxylic acids is 3. The summed E-state index contributed by atoms with van der Waals surface area (Å²) in [6.45, 7) is 3.94. The van der Waals surface area contributed by atoms with Gasteiger partial charge in [0.15, 0.2) is 0 Å². The van der Waals surface area contributed by atoms with Crippen LogP contribution < -0.4 is 10.6 Å². The molecule has 7 nitrogen and oxygen atoms in total. The third-order valence-electron chi connectivity index (χ3n) is 5.47. The minimum absolute atomic E-state index is 0.0921. The molecular weight excluding hydrogens is 430 g/mol. The van der Waals surface area contributed by atoms with Gasteiger partial charge < -0.3 is 15.4 Å². The third kappa shape index (κ3) is 5.04. The van der Waals surface area contributed by atoms with Gasteiger partial charge in [-0.1, -0.05) is 48.5 Å². The smallest absolute Gasteiger partial charge is 0.338 e. The quantitative estimate of drug-likeness (QED) is 0.409. The molecule has 0 bridgehead atoms. The Labute approximate surface area is 197 Å². The predicted octanol–water partition coefficient (Wildman–Crippen LogP) is 4.36. The van der Waals surface area contributed by atoms with Gasteiger partial charge in [0.1, 0.15) is 5.92 Å². The van der Waals surface area contributed by atoms with Crippen molar-refractivity contribution < 1.29 is 19.1 Å². The van der Waals surface area contributed by atoms with Crippen LogP contribution in [-0.4, -0.2) is 30.1 Å². The fourth-order valence-corrected chi connectivity index (χ4v) is 3.83. The van der Waals surface area contributed by atoms with E-state index < -0.39 is 11.9 Å². The molecule has 7 heteroatoms. The van der Waals surface area contributed by atoms with E-state index in [0.717, 1.165) is 16.7 Å². The number of hydrogen-bond acceptors (Lipinski definition) is 5. The number of nitrogens with zero attached hydrogens (tertiary/aromatic N) is 1. The number of amides is 2. The van der Waals surface area contributed by atoms with Gasteiger partial charge in [-0.05, 0) is 47.9 Å². The number of fused-ring (bicyclic) bond motifs is 1. The minimum Gasteiger partial charge on any atom is -0.462 e. The monoisotopic (exact) mass is 455 g/mol. The highest BCUT2D eigenvalue weighted by atomic mass is 16.5. The van der Waals surface area contributed by atoms with Crippen LogP contribution in [0.2, 0.25) is 0 Å². The summed E-state index contributed by atoms with van der Waals surface area (Å²) >= 11 is 0. The number of hydrogen-bond donors (Lipinski definition) is 2. The van der Waals surface area contributed by atoms with E-state index in [0.29, 0.717) is 29.2 Å². The molecule has 0 aliphatic carbocycles. The number of rotatable bonds is 7. The summed E-state index contributed by atoms with van der Waals surface area (Å²) in [6.07, 6.45) is 0. The normalized spacial score (nSPS) is 14.8. The van der Waals surface area contributed by atoms with E-state index in [1.54, 1.807) is 25.1 Å². The van der Waals surface area contributed by atoms with Crippen LogP contribution in [0.5, 0.6) is 0 Å². The fourth-order valence-electron chi connectivity index (χ4n) is 3.83. The summed E-state index contributed by atoms with van der Waals surface area (Å²) < 4.78 is 5.08. The zero-order valence-corrected chi connectivity index (χ0v) is 19.0. The molecule has 2 amide bonds. The van der Waals surface area contributed by atoms with Gasteiger partial charge in [-0.2, -0.15) is 0 Å². The first kappa shape index (κ1) is 22.9. The molecule has 0 saturated heterocycles. The maximum absolute atomic E-state index is 13.1. The molecule has 4 rings (SSSR count). The zero-order valence-electron chi connectivity index (χ0n) is 19.0. The lowest BCUT2D eigenvalue weighted by Gasteiger charge is -2.14. The average molecular weight is 456 g/mol. The van der Waals surface area contributed by atoms with E-state index in [9.17, 15) is 14.4 Å². The SMILES string of the molecule is CCOC(=O)c1ccc2c(c1)NC(=O)C2C(=Nc1ccc(CNC(C)=O)cc1)c1ccccc1. The summed E-state index contributed by atoms with van der Waals surface area (Å²) in [5, 5.41) is 5.66. The maximum Gasteiger partial charge on any atom is 0.338 e. The summed E-state index contributed by atoms with van der Waals surface area (Å²) in [7, 11) is 0. The molecule has 0 saturated carbocycles. The van der Waals surface area contributed by atoms with Crippen LogP contribution in [0, 0.1) is 0 Å². The summed E-state index contributed by atoms with van der Waals surface area (Å²) in [5.74, 6) is -1.36. The van der Waals surface area contributed by atoms with E-state index >= 15 is 0 Å². The van der Waals surface area contributed by atoms with Crippen molar-refractivity contribution in [3.05, 3.63) is 95.1 Å². The van der Waals surface area contributed by atoms with Crippen LogP contribution in [0.15, 0.2) is 77.8 Å². The van der Waals surface area contributed by atoms with E-state index in [-0.39, 0.29) is 18.4 Å². The molecule has 0 radical (unpaired) electrons. The zero-order chi connectivity index (χ0) is 24.1. The first-order chi connectivity index (χ1) is 16.5. The largest absolute Gasteiger partial charge is 0.462 e. The van der Waals surface area contributed by atoms with Crippen LogP contribution in [0.3, 0.4) is 0 Å². The molecule has 1 unspecified atom stereocenters.